The lowest BCUT2D eigenvalue weighted by Crippen LogP contribution is -2.12. The summed E-state index contributed by atoms with van der Waals surface area (Å²) in [7, 11) is 0. The molecule has 0 aromatic heterocycles. The molecule has 0 amide bonds. The first kappa shape index (κ1) is 10.1. The Labute approximate surface area is 79.2 Å². The zero-order chi connectivity index (χ0) is 9.84. The first-order valence-electron chi connectivity index (χ1n) is 4.47. The molecule has 0 saturated heterocycles. The molecule has 0 saturated carbocycles. The molecule has 1 atom stereocenters. The molecule has 2 nitrogen and oxygen atoms in total. The SMILES string of the molecule is Cc1cc(C)cc(OCC(C)O)c1. The molecule has 13 heavy (non-hydrogen) atoms. The van der Waals surface area contributed by atoms with Crippen LogP contribution in [0.5, 0.6) is 5.75 Å². The van der Waals surface area contributed by atoms with E-state index in [4.69, 9.17) is 9.84 Å². The van der Waals surface area contributed by atoms with Gasteiger partial charge in [0.15, 0.2) is 0 Å². The van der Waals surface area contributed by atoms with Crippen LogP contribution in [0, 0.1) is 13.8 Å². The Bertz CT molecular complexity index is 259. The second kappa shape index (κ2) is 4.28. The van der Waals surface area contributed by atoms with Crippen molar-refractivity contribution in [3.05, 3.63) is 29.3 Å². The molecule has 72 valence electrons. The predicted molar refractivity (Wildman–Crippen MR) is 53.1 cm³/mol. The second-order valence-corrected chi connectivity index (χ2v) is 3.48. The third kappa shape index (κ3) is 3.47. The van der Waals surface area contributed by atoms with Crippen LogP contribution in [0.15, 0.2) is 18.2 Å². The number of aryl methyl sites for hydroxylation is 2. The van der Waals surface area contributed by atoms with E-state index < -0.39 is 6.10 Å². The van der Waals surface area contributed by atoms with Crippen molar-refractivity contribution in [3.63, 3.8) is 0 Å². The van der Waals surface area contributed by atoms with Gasteiger partial charge in [-0.15, -0.1) is 0 Å². The lowest BCUT2D eigenvalue weighted by molar-refractivity contribution is 0.122. The normalized spacial score (nSPS) is 12.6. The summed E-state index contributed by atoms with van der Waals surface area (Å²) in [6.45, 7) is 6.12. The van der Waals surface area contributed by atoms with Gasteiger partial charge in [0.25, 0.3) is 0 Å². The quantitative estimate of drug-likeness (QED) is 0.771. The topological polar surface area (TPSA) is 29.5 Å². The van der Waals surface area contributed by atoms with E-state index in [1.807, 2.05) is 26.0 Å². The first-order valence-corrected chi connectivity index (χ1v) is 4.47. The highest BCUT2D eigenvalue weighted by Crippen LogP contribution is 2.16. The third-order valence-corrected chi connectivity index (χ3v) is 1.69. The van der Waals surface area contributed by atoms with Crippen LogP contribution in [-0.2, 0) is 0 Å². The van der Waals surface area contributed by atoms with Crippen molar-refractivity contribution in [3.8, 4) is 5.75 Å². The van der Waals surface area contributed by atoms with E-state index in [2.05, 4.69) is 6.07 Å². The van der Waals surface area contributed by atoms with Gasteiger partial charge in [0.1, 0.15) is 12.4 Å². The van der Waals surface area contributed by atoms with Crippen molar-refractivity contribution in [1.29, 1.82) is 0 Å². The molecule has 0 heterocycles. The Kier molecular flexibility index (Phi) is 3.32. The van der Waals surface area contributed by atoms with Gasteiger partial charge in [-0.1, -0.05) is 6.07 Å². The van der Waals surface area contributed by atoms with Crippen molar-refractivity contribution in [2.75, 3.05) is 6.61 Å². The highest BCUT2D eigenvalue weighted by molar-refractivity contribution is 5.32. The molecule has 0 aliphatic carbocycles. The van der Waals surface area contributed by atoms with Gasteiger partial charge >= 0.3 is 0 Å². The molecule has 1 aromatic rings. The van der Waals surface area contributed by atoms with Gasteiger partial charge in [-0.2, -0.15) is 0 Å². The average Bonchev–Trinajstić information content (AvgIpc) is 1.99. The average molecular weight is 180 g/mol. The van der Waals surface area contributed by atoms with Crippen LogP contribution < -0.4 is 4.74 Å². The Morgan fingerprint density at radius 1 is 1.23 bits per heavy atom. The van der Waals surface area contributed by atoms with Gasteiger partial charge in [-0.25, -0.2) is 0 Å². The van der Waals surface area contributed by atoms with Crippen LogP contribution >= 0.6 is 0 Å². The molecule has 0 aliphatic rings. The molecular formula is C11H16O2. The van der Waals surface area contributed by atoms with Crippen LogP contribution in [0.25, 0.3) is 0 Å². The van der Waals surface area contributed by atoms with Crippen LogP contribution in [0.4, 0.5) is 0 Å². The van der Waals surface area contributed by atoms with Gasteiger partial charge in [-0.3, -0.25) is 0 Å². The number of aliphatic hydroxyl groups excluding tert-OH is 1. The number of rotatable bonds is 3. The minimum Gasteiger partial charge on any atom is -0.491 e. The Morgan fingerprint density at radius 3 is 2.23 bits per heavy atom. The molecule has 1 N–H and O–H groups in total. The fourth-order valence-corrected chi connectivity index (χ4v) is 1.23. The van der Waals surface area contributed by atoms with E-state index in [-0.39, 0.29) is 0 Å². The molecule has 1 unspecified atom stereocenters. The Balaban J connectivity index is 2.66. The fraction of sp³-hybridized carbons (Fsp3) is 0.455. The van der Waals surface area contributed by atoms with Crippen LogP contribution in [0.1, 0.15) is 18.1 Å². The van der Waals surface area contributed by atoms with E-state index in [1.165, 1.54) is 11.1 Å². The highest BCUT2D eigenvalue weighted by atomic mass is 16.5. The van der Waals surface area contributed by atoms with Gasteiger partial charge in [-0.05, 0) is 44.0 Å². The van der Waals surface area contributed by atoms with Gasteiger partial charge < -0.3 is 9.84 Å². The molecule has 0 spiro atoms. The van der Waals surface area contributed by atoms with Crippen molar-refractivity contribution in [1.82, 2.24) is 0 Å². The maximum atomic E-state index is 9.03. The number of ether oxygens (including phenoxy) is 1. The van der Waals surface area contributed by atoms with Crippen LogP contribution in [-0.4, -0.2) is 17.8 Å². The molecular weight excluding hydrogens is 164 g/mol. The molecule has 0 radical (unpaired) electrons. The molecule has 0 bridgehead atoms. The minimum absolute atomic E-state index is 0.350. The summed E-state index contributed by atoms with van der Waals surface area (Å²) in [5, 5.41) is 9.03. The van der Waals surface area contributed by atoms with E-state index in [0.717, 1.165) is 5.75 Å². The first-order chi connectivity index (χ1) is 6.08. The monoisotopic (exact) mass is 180 g/mol. The smallest absolute Gasteiger partial charge is 0.119 e. The molecule has 1 rings (SSSR count). The van der Waals surface area contributed by atoms with Crippen molar-refractivity contribution in [2.45, 2.75) is 26.9 Å². The zero-order valence-electron chi connectivity index (χ0n) is 8.37. The fourth-order valence-electron chi connectivity index (χ4n) is 1.23. The maximum Gasteiger partial charge on any atom is 0.119 e. The summed E-state index contributed by atoms with van der Waals surface area (Å²) < 4.78 is 5.38. The minimum atomic E-state index is -0.416. The van der Waals surface area contributed by atoms with Gasteiger partial charge in [0, 0.05) is 0 Å². The molecule has 2 heteroatoms. The molecule has 0 aliphatic heterocycles. The van der Waals surface area contributed by atoms with Crippen LogP contribution in [0.2, 0.25) is 0 Å². The van der Waals surface area contributed by atoms with E-state index in [1.54, 1.807) is 6.92 Å². The summed E-state index contributed by atoms with van der Waals surface area (Å²) in [5.74, 6) is 0.832. The van der Waals surface area contributed by atoms with Gasteiger partial charge in [0.2, 0.25) is 0 Å². The maximum absolute atomic E-state index is 9.03. The summed E-state index contributed by atoms with van der Waals surface area (Å²) in [5.41, 5.74) is 2.36. The standard InChI is InChI=1S/C11H16O2/c1-8-4-9(2)6-11(5-8)13-7-10(3)12/h4-6,10,12H,7H2,1-3H3. The van der Waals surface area contributed by atoms with Gasteiger partial charge in [0.05, 0.1) is 6.10 Å². The third-order valence-electron chi connectivity index (χ3n) is 1.69. The summed E-state index contributed by atoms with van der Waals surface area (Å²) in [6, 6.07) is 6.03. The van der Waals surface area contributed by atoms with E-state index >= 15 is 0 Å². The highest BCUT2D eigenvalue weighted by Gasteiger charge is 1.99. The summed E-state index contributed by atoms with van der Waals surface area (Å²) >= 11 is 0. The number of hydrogen-bond acceptors (Lipinski definition) is 2. The lowest BCUT2D eigenvalue weighted by Gasteiger charge is -2.09. The Hall–Kier alpha value is -1.02. The second-order valence-electron chi connectivity index (χ2n) is 3.48. The molecule has 0 fully saturated rings. The summed E-state index contributed by atoms with van der Waals surface area (Å²) in [4.78, 5) is 0. The van der Waals surface area contributed by atoms with E-state index in [0.29, 0.717) is 6.61 Å². The van der Waals surface area contributed by atoms with E-state index in [9.17, 15) is 0 Å². The van der Waals surface area contributed by atoms with Crippen molar-refractivity contribution >= 4 is 0 Å². The number of benzene rings is 1. The lowest BCUT2D eigenvalue weighted by atomic mass is 10.1. The predicted octanol–water partition coefficient (Wildman–Crippen LogP) is 2.06. The van der Waals surface area contributed by atoms with Crippen molar-refractivity contribution in [2.24, 2.45) is 0 Å². The number of aliphatic hydroxyl groups is 1. The number of hydrogen-bond donors (Lipinski definition) is 1. The largest absolute Gasteiger partial charge is 0.491 e. The zero-order valence-corrected chi connectivity index (χ0v) is 8.37. The van der Waals surface area contributed by atoms with Crippen molar-refractivity contribution < 1.29 is 9.84 Å². The molecule has 1 aromatic carbocycles. The summed E-state index contributed by atoms with van der Waals surface area (Å²) in [6.07, 6.45) is -0.416. The Morgan fingerprint density at radius 2 is 1.77 bits per heavy atom. The van der Waals surface area contributed by atoms with Crippen LogP contribution in [0.3, 0.4) is 0 Å².